The Bertz CT molecular complexity index is 536. The molecule has 1 unspecified atom stereocenters. The first-order valence-corrected chi connectivity index (χ1v) is 5.69. The van der Waals surface area contributed by atoms with Crippen LogP contribution in [0.5, 0.6) is 0 Å². The third-order valence-electron chi connectivity index (χ3n) is 2.86. The Kier molecular flexibility index (Phi) is 5.09. The average Bonchev–Trinajstić information content (AvgIpc) is 2.39. The summed E-state index contributed by atoms with van der Waals surface area (Å²) < 4.78 is 31.1. The fourth-order valence-electron chi connectivity index (χ4n) is 1.60. The molecule has 1 rings (SSSR count). The lowest BCUT2D eigenvalue weighted by Gasteiger charge is -2.24. The molecule has 20 heavy (non-hydrogen) atoms. The number of nitro groups is 1. The minimum absolute atomic E-state index is 0.208. The minimum Gasteiger partial charge on any atom is -0.383 e. The van der Waals surface area contributed by atoms with Gasteiger partial charge in [0.25, 0.3) is 11.6 Å². The number of benzene rings is 1. The molecule has 0 spiro atoms. The van der Waals surface area contributed by atoms with Gasteiger partial charge in [-0.05, 0) is 13.0 Å². The van der Waals surface area contributed by atoms with Gasteiger partial charge in [-0.2, -0.15) is 0 Å². The van der Waals surface area contributed by atoms with E-state index in [9.17, 15) is 23.7 Å². The molecule has 0 aliphatic heterocycles. The molecule has 0 N–H and O–H groups in total. The average molecular weight is 288 g/mol. The maximum atomic E-state index is 13.2. The number of nitro benzene ring substituents is 1. The smallest absolute Gasteiger partial charge is 0.285 e. The van der Waals surface area contributed by atoms with Crippen molar-refractivity contribution in [3.05, 3.63) is 39.4 Å². The molecule has 6 nitrogen and oxygen atoms in total. The lowest BCUT2D eigenvalue weighted by atomic mass is 10.1. The molecule has 8 heteroatoms. The van der Waals surface area contributed by atoms with Crippen molar-refractivity contribution in [3.63, 3.8) is 0 Å². The van der Waals surface area contributed by atoms with E-state index in [1.807, 2.05) is 0 Å². The maximum absolute atomic E-state index is 13.2. The molecule has 1 aromatic rings. The van der Waals surface area contributed by atoms with Crippen molar-refractivity contribution in [1.82, 2.24) is 4.90 Å². The van der Waals surface area contributed by atoms with Crippen molar-refractivity contribution in [3.8, 4) is 0 Å². The van der Waals surface area contributed by atoms with Crippen molar-refractivity contribution in [2.24, 2.45) is 0 Å². The van der Waals surface area contributed by atoms with Crippen molar-refractivity contribution < 1.29 is 23.2 Å². The second-order valence-electron chi connectivity index (χ2n) is 4.26. The topological polar surface area (TPSA) is 72.7 Å². The van der Waals surface area contributed by atoms with E-state index < -0.39 is 33.7 Å². The van der Waals surface area contributed by atoms with Crippen LogP contribution in [0.3, 0.4) is 0 Å². The number of rotatable bonds is 5. The van der Waals surface area contributed by atoms with E-state index in [0.717, 1.165) is 0 Å². The number of carbonyl (C=O) groups is 1. The van der Waals surface area contributed by atoms with Gasteiger partial charge >= 0.3 is 0 Å². The molecule has 110 valence electrons. The molecule has 0 fully saturated rings. The number of halogens is 2. The Labute approximate surface area is 114 Å². The predicted molar refractivity (Wildman–Crippen MR) is 66.4 cm³/mol. The first-order valence-electron chi connectivity index (χ1n) is 5.69. The number of carbonyl (C=O) groups excluding carboxylic acids is 1. The summed E-state index contributed by atoms with van der Waals surface area (Å²) in [5, 5.41) is 10.8. The summed E-state index contributed by atoms with van der Waals surface area (Å²) >= 11 is 0. The van der Waals surface area contributed by atoms with E-state index in [0.29, 0.717) is 12.1 Å². The summed E-state index contributed by atoms with van der Waals surface area (Å²) in [5.74, 6) is -3.47. The SMILES string of the molecule is COCC(C)N(C)C(=O)c1cc(F)c(F)cc1[N+](=O)[O-]. The molecule has 0 saturated heterocycles. The molecule has 0 aliphatic carbocycles. The molecule has 0 radical (unpaired) electrons. The van der Waals surface area contributed by atoms with Gasteiger partial charge in [-0.15, -0.1) is 0 Å². The van der Waals surface area contributed by atoms with Crippen molar-refractivity contribution in [1.29, 1.82) is 0 Å². The molecular formula is C12H14F2N2O4. The highest BCUT2D eigenvalue weighted by molar-refractivity contribution is 5.98. The quantitative estimate of drug-likeness (QED) is 0.613. The summed E-state index contributed by atoms with van der Waals surface area (Å²) in [5.41, 5.74) is -1.27. The first-order chi connectivity index (χ1) is 9.29. The summed E-state index contributed by atoms with van der Waals surface area (Å²) in [7, 11) is 2.84. The summed E-state index contributed by atoms with van der Waals surface area (Å²) in [6.45, 7) is 1.87. The van der Waals surface area contributed by atoms with Gasteiger partial charge in [-0.1, -0.05) is 0 Å². The molecule has 1 aromatic carbocycles. The summed E-state index contributed by atoms with van der Waals surface area (Å²) in [6, 6.07) is 0.559. The molecule has 0 aliphatic rings. The van der Waals surface area contributed by atoms with Gasteiger partial charge < -0.3 is 9.64 Å². The van der Waals surface area contributed by atoms with Crippen molar-refractivity contribution in [2.75, 3.05) is 20.8 Å². The van der Waals surface area contributed by atoms with Crippen LogP contribution in [0.15, 0.2) is 12.1 Å². The highest BCUT2D eigenvalue weighted by Crippen LogP contribution is 2.24. The molecular weight excluding hydrogens is 274 g/mol. The highest BCUT2D eigenvalue weighted by Gasteiger charge is 2.27. The van der Waals surface area contributed by atoms with Gasteiger partial charge in [0.05, 0.1) is 23.6 Å². The first kappa shape index (κ1) is 16.0. The van der Waals surface area contributed by atoms with Crippen LogP contribution in [0.4, 0.5) is 14.5 Å². The van der Waals surface area contributed by atoms with E-state index in [4.69, 9.17) is 4.74 Å². The van der Waals surface area contributed by atoms with E-state index >= 15 is 0 Å². The van der Waals surface area contributed by atoms with Crippen LogP contribution < -0.4 is 0 Å². The fourth-order valence-corrected chi connectivity index (χ4v) is 1.60. The molecule has 1 amide bonds. The normalized spacial score (nSPS) is 12.1. The van der Waals surface area contributed by atoms with Crippen molar-refractivity contribution >= 4 is 11.6 Å². The Hall–Kier alpha value is -2.09. The Morgan fingerprint density at radius 3 is 2.50 bits per heavy atom. The van der Waals surface area contributed by atoms with Gasteiger partial charge in [0, 0.05) is 14.2 Å². The largest absolute Gasteiger partial charge is 0.383 e. The zero-order chi connectivity index (χ0) is 15.4. The van der Waals surface area contributed by atoms with Crippen LogP contribution in [-0.2, 0) is 4.74 Å². The zero-order valence-electron chi connectivity index (χ0n) is 11.2. The lowest BCUT2D eigenvalue weighted by molar-refractivity contribution is -0.385. The van der Waals surface area contributed by atoms with Gasteiger partial charge in [0.1, 0.15) is 5.56 Å². The Morgan fingerprint density at radius 1 is 1.45 bits per heavy atom. The summed E-state index contributed by atoms with van der Waals surface area (Å²) in [4.78, 5) is 23.2. The van der Waals surface area contributed by atoms with Crippen LogP contribution in [0.2, 0.25) is 0 Å². The molecule has 0 bridgehead atoms. The Balaban J connectivity index is 3.21. The van der Waals surface area contributed by atoms with E-state index in [1.54, 1.807) is 6.92 Å². The fraction of sp³-hybridized carbons (Fsp3) is 0.417. The number of hydrogen-bond donors (Lipinski definition) is 0. The highest BCUT2D eigenvalue weighted by atomic mass is 19.2. The van der Waals surface area contributed by atoms with Crippen LogP contribution in [-0.4, -0.2) is 42.5 Å². The maximum Gasteiger partial charge on any atom is 0.285 e. The van der Waals surface area contributed by atoms with Crippen LogP contribution in [0, 0.1) is 21.7 Å². The number of methoxy groups -OCH3 is 1. The second kappa shape index (κ2) is 6.38. The third kappa shape index (κ3) is 3.27. The lowest BCUT2D eigenvalue weighted by Crippen LogP contribution is -2.38. The van der Waals surface area contributed by atoms with Gasteiger partial charge in [0.15, 0.2) is 11.6 Å². The zero-order valence-corrected chi connectivity index (χ0v) is 11.2. The molecule has 1 atom stereocenters. The van der Waals surface area contributed by atoms with Gasteiger partial charge in [-0.3, -0.25) is 14.9 Å². The molecule has 0 saturated carbocycles. The number of ether oxygens (including phenoxy) is 1. The van der Waals surface area contributed by atoms with Gasteiger partial charge in [0.2, 0.25) is 0 Å². The van der Waals surface area contributed by atoms with Crippen LogP contribution in [0.1, 0.15) is 17.3 Å². The third-order valence-corrected chi connectivity index (χ3v) is 2.86. The minimum atomic E-state index is -1.37. The molecule has 0 aromatic heterocycles. The van der Waals surface area contributed by atoms with E-state index in [2.05, 4.69) is 0 Å². The van der Waals surface area contributed by atoms with Crippen LogP contribution >= 0.6 is 0 Å². The van der Waals surface area contributed by atoms with E-state index in [-0.39, 0.29) is 12.6 Å². The van der Waals surface area contributed by atoms with Gasteiger partial charge in [-0.25, -0.2) is 8.78 Å². The Morgan fingerprint density at radius 2 is 2.00 bits per heavy atom. The predicted octanol–water partition coefficient (Wildman–Crippen LogP) is 1.98. The second-order valence-corrected chi connectivity index (χ2v) is 4.26. The van der Waals surface area contributed by atoms with Crippen LogP contribution in [0.25, 0.3) is 0 Å². The number of likely N-dealkylation sites (N-methyl/N-ethyl adjacent to an activating group) is 1. The summed E-state index contributed by atoms with van der Waals surface area (Å²) in [6.07, 6.45) is 0. The number of hydrogen-bond acceptors (Lipinski definition) is 4. The number of amides is 1. The monoisotopic (exact) mass is 288 g/mol. The molecule has 0 heterocycles. The van der Waals surface area contributed by atoms with Crippen molar-refractivity contribution in [2.45, 2.75) is 13.0 Å². The number of nitrogens with zero attached hydrogens (tertiary/aromatic N) is 2. The standard InChI is InChI=1S/C12H14F2N2O4/c1-7(6-20-3)15(2)12(17)8-4-9(13)10(14)5-11(8)16(18)19/h4-5,7H,6H2,1-3H3. The van der Waals surface area contributed by atoms with E-state index in [1.165, 1.54) is 19.1 Å².